The van der Waals surface area contributed by atoms with Crippen molar-refractivity contribution >= 4 is 16.6 Å². The van der Waals surface area contributed by atoms with Gasteiger partial charge in [0.25, 0.3) is 0 Å². The monoisotopic (exact) mass is 281 g/mol. The fourth-order valence-electron chi connectivity index (χ4n) is 2.69. The van der Waals surface area contributed by atoms with E-state index in [0.29, 0.717) is 11.2 Å². The zero-order chi connectivity index (χ0) is 14.8. The summed E-state index contributed by atoms with van der Waals surface area (Å²) in [5.74, 6) is 0.258. The van der Waals surface area contributed by atoms with Crippen LogP contribution in [0.3, 0.4) is 0 Å². The maximum atomic E-state index is 14.0. The first-order valence-electron chi connectivity index (χ1n) is 6.77. The molecular formula is C17H16FN3. The van der Waals surface area contributed by atoms with Gasteiger partial charge >= 0.3 is 0 Å². The highest BCUT2D eigenvalue weighted by atomic mass is 19.1. The van der Waals surface area contributed by atoms with Crippen LogP contribution in [-0.4, -0.2) is 12.0 Å². The molecule has 3 nitrogen and oxygen atoms in total. The Balaban J connectivity index is 2.23. The number of pyridine rings is 1. The van der Waals surface area contributed by atoms with Crippen LogP contribution in [0.15, 0.2) is 54.7 Å². The van der Waals surface area contributed by atoms with Crippen LogP contribution in [0.1, 0.15) is 17.2 Å². The molecule has 1 atom stereocenters. The van der Waals surface area contributed by atoms with Gasteiger partial charge in [0, 0.05) is 17.1 Å². The van der Waals surface area contributed by atoms with Crippen LogP contribution in [-0.2, 0) is 0 Å². The van der Waals surface area contributed by atoms with Gasteiger partial charge in [0.15, 0.2) is 0 Å². The van der Waals surface area contributed by atoms with Crippen LogP contribution >= 0.6 is 0 Å². The predicted molar refractivity (Wildman–Crippen MR) is 83.5 cm³/mol. The van der Waals surface area contributed by atoms with Gasteiger partial charge in [-0.2, -0.15) is 0 Å². The van der Waals surface area contributed by atoms with E-state index in [1.165, 1.54) is 6.07 Å². The summed E-state index contributed by atoms with van der Waals surface area (Å²) in [5.41, 5.74) is 7.85. The molecule has 0 saturated carbocycles. The molecule has 0 spiro atoms. The van der Waals surface area contributed by atoms with Gasteiger partial charge in [-0.25, -0.2) is 9.37 Å². The van der Waals surface area contributed by atoms with Crippen molar-refractivity contribution in [3.63, 3.8) is 0 Å². The molecule has 0 aliphatic heterocycles. The van der Waals surface area contributed by atoms with Gasteiger partial charge in [-0.15, -0.1) is 0 Å². The second-order valence-corrected chi connectivity index (χ2v) is 4.88. The number of halogens is 1. The molecular weight excluding hydrogens is 265 g/mol. The zero-order valence-electron chi connectivity index (χ0n) is 11.7. The standard InChI is InChI=1S/C17H16FN3/c1-20-16(14-7-4-10-21-17(14)19)13-8-9-15(18)12-6-3-2-5-11(12)13/h2-10,16,20H,1H3,(H2,19,21). The second kappa shape index (κ2) is 5.50. The minimum absolute atomic E-state index is 0.135. The molecule has 0 saturated heterocycles. The Kier molecular flexibility index (Phi) is 3.54. The summed E-state index contributed by atoms with van der Waals surface area (Å²) in [7, 11) is 1.86. The largest absolute Gasteiger partial charge is 0.383 e. The number of nitrogens with two attached hydrogens (primary N) is 1. The molecule has 21 heavy (non-hydrogen) atoms. The van der Waals surface area contributed by atoms with Crippen LogP contribution in [0.4, 0.5) is 10.2 Å². The average Bonchev–Trinajstić information content (AvgIpc) is 2.52. The fourth-order valence-corrected chi connectivity index (χ4v) is 2.69. The average molecular weight is 281 g/mol. The molecule has 0 bridgehead atoms. The molecule has 0 amide bonds. The van der Waals surface area contributed by atoms with E-state index in [1.54, 1.807) is 18.3 Å². The molecule has 4 heteroatoms. The van der Waals surface area contributed by atoms with Crippen molar-refractivity contribution in [2.45, 2.75) is 6.04 Å². The van der Waals surface area contributed by atoms with Crippen molar-refractivity contribution in [2.24, 2.45) is 0 Å². The zero-order valence-corrected chi connectivity index (χ0v) is 11.7. The van der Waals surface area contributed by atoms with Crippen LogP contribution in [0.2, 0.25) is 0 Å². The van der Waals surface area contributed by atoms with Gasteiger partial charge < -0.3 is 11.1 Å². The first-order chi connectivity index (χ1) is 10.2. The minimum Gasteiger partial charge on any atom is -0.383 e. The van der Waals surface area contributed by atoms with Crippen molar-refractivity contribution in [3.8, 4) is 0 Å². The Morgan fingerprint density at radius 2 is 1.76 bits per heavy atom. The molecule has 3 aromatic rings. The number of benzene rings is 2. The molecule has 3 rings (SSSR count). The molecule has 106 valence electrons. The summed E-state index contributed by atoms with van der Waals surface area (Å²) in [4.78, 5) is 4.13. The Labute approximate surface area is 122 Å². The van der Waals surface area contributed by atoms with Crippen molar-refractivity contribution in [2.75, 3.05) is 12.8 Å². The third-order valence-corrected chi connectivity index (χ3v) is 3.69. The number of hydrogen-bond donors (Lipinski definition) is 2. The number of aromatic nitrogens is 1. The summed E-state index contributed by atoms with van der Waals surface area (Å²) in [6, 6.07) is 14.4. The fraction of sp³-hybridized carbons (Fsp3) is 0.118. The lowest BCUT2D eigenvalue weighted by molar-refractivity contribution is 0.637. The Hall–Kier alpha value is -2.46. The van der Waals surface area contributed by atoms with Crippen LogP contribution in [0.25, 0.3) is 10.8 Å². The maximum Gasteiger partial charge on any atom is 0.131 e. The van der Waals surface area contributed by atoms with Gasteiger partial charge in [0.2, 0.25) is 0 Å². The molecule has 0 aliphatic carbocycles. The Morgan fingerprint density at radius 3 is 2.48 bits per heavy atom. The maximum absolute atomic E-state index is 14.0. The van der Waals surface area contributed by atoms with Crippen molar-refractivity contribution < 1.29 is 4.39 Å². The van der Waals surface area contributed by atoms with Crippen molar-refractivity contribution in [3.05, 3.63) is 71.7 Å². The smallest absolute Gasteiger partial charge is 0.131 e. The van der Waals surface area contributed by atoms with E-state index in [2.05, 4.69) is 10.3 Å². The first-order valence-corrected chi connectivity index (χ1v) is 6.77. The van der Waals surface area contributed by atoms with Gasteiger partial charge in [-0.1, -0.05) is 36.4 Å². The second-order valence-electron chi connectivity index (χ2n) is 4.88. The van der Waals surface area contributed by atoms with Crippen molar-refractivity contribution in [1.29, 1.82) is 0 Å². The summed E-state index contributed by atoms with van der Waals surface area (Å²) in [5, 5.41) is 4.73. The molecule has 0 radical (unpaired) electrons. The van der Waals surface area contributed by atoms with E-state index in [0.717, 1.165) is 16.5 Å². The number of nitrogens with zero attached hydrogens (tertiary/aromatic N) is 1. The predicted octanol–water partition coefficient (Wildman–Crippen LogP) is 3.26. The number of nitrogen functional groups attached to an aromatic ring is 1. The SMILES string of the molecule is CNC(c1cccnc1N)c1ccc(F)c2ccccc12. The van der Waals surface area contributed by atoms with E-state index in [9.17, 15) is 4.39 Å². The quantitative estimate of drug-likeness (QED) is 0.774. The molecule has 2 aromatic carbocycles. The summed E-state index contributed by atoms with van der Waals surface area (Å²) in [6.45, 7) is 0. The molecule has 1 unspecified atom stereocenters. The molecule has 3 N–H and O–H groups in total. The number of hydrogen-bond acceptors (Lipinski definition) is 3. The normalized spacial score (nSPS) is 12.5. The highest BCUT2D eigenvalue weighted by molar-refractivity contribution is 5.87. The topological polar surface area (TPSA) is 50.9 Å². The lowest BCUT2D eigenvalue weighted by atomic mass is 9.94. The number of rotatable bonds is 3. The van der Waals surface area contributed by atoms with E-state index in [-0.39, 0.29) is 11.9 Å². The third kappa shape index (κ3) is 2.34. The van der Waals surface area contributed by atoms with E-state index in [4.69, 9.17) is 5.73 Å². The Morgan fingerprint density at radius 1 is 1.00 bits per heavy atom. The highest BCUT2D eigenvalue weighted by Gasteiger charge is 2.18. The Bertz CT molecular complexity index is 786. The number of fused-ring (bicyclic) bond motifs is 1. The molecule has 0 fully saturated rings. The number of anilines is 1. The van der Waals surface area contributed by atoms with Crippen LogP contribution in [0, 0.1) is 5.82 Å². The summed E-state index contributed by atoms with van der Waals surface area (Å²) in [6.07, 6.45) is 1.66. The summed E-state index contributed by atoms with van der Waals surface area (Å²) >= 11 is 0. The van der Waals surface area contributed by atoms with Gasteiger partial charge in [-0.05, 0) is 30.1 Å². The van der Waals surface area contributed by atoms with Crippen LogP contribution < -0.4 is 11.1 Å². The molecule has 1 aromatic heterocycles. The first kappa shape index (κ1) is 13.5. The van der Waals surface area contributed by atoms with E-state index >= 15 is 0 Å². The van der Waals surface area contributed by atoms with Gasteiger partial charge in [0.1, 0.15) is 11.6 Å². The van der Waals surface area contributed by atoms with Crippen molar-refractivity contribution in [1.82, 2.24) is 10.3 Å². The molecule has 1 heterocycles. The lowest BCUT2D eigenvalue weighted by Crippen LogP contribution is -2.20. The lowest BCUT2D eigenvalue weighted by Gasteiger charge is -2.20. The van der Waals surface area contributed by atoms with E-state index in [1.807, 2.05) is 37.4 Å². The van der Waals surface area contributed by atoms with Gasteiger partial charge in [-0.3, -0.25) is 0 Å². The highest BCUT2D eigenvalue weighted by Crippen LogP contribution is 2.31. The van der Waals surface area contributed by atoms with E-state index < -0.39 is 0 Å². The summed E-state index contributed by atoms with van der Waals surface area (Å²) < 4.78 is 14.0. The van der Waals surface area contributed by atoms with Gasteiger partial charge in [0.05, 0.1) is 6.04 Å². The van der Waals surface area contributed by atoms with Crippen LogP contribution in [0.5, 0.6) is 0 Å². The number of nitrogens with one attached hydrogen (secondary N) is 1. The molecule has 0 aliphatic rings. The minimum atomic E-state index is -0.219. The third-order valence-electron chi connectivity index (χ3n) is 3.69.